The topological polar surface area (TPSA) is 29.9 Å². The second kappa shape index (κ2) is 5.31. The Morgan fingerprint density at radius 3 is 2.47 bits per heavy atom. The van der Waals surface area contributed by atoms with Gasteiger partial charge in [0.15, 0.2) is 0 Å². The molecule has 1 aromatic rings. The minimum absolute atomic E-state index is 0.366. The zero-order chi connectivity index (χ0) is 11.4. The molecule has 1 heterocycles. The second-order valence-electron chi connectivity index (χ2n) is 4.53. The Morgan fingerprint density at radius 1 is 1.40 bits per heavy atom. The Kier molecular flexibility index (Phi) is 4.33. The van der Waals surface area contributed by atoms with Crippen LogP contribution in [0.3, 0.4) is 0 Å². The number of hydrogen-bond donors (Lipinski definition) is 1. The smallest absolute Gasteiger partial charge is 0.0547 e. The third-order valence-corrected chi connectivity index (χ3v) is 3.01. The van der Waals surface area contributed by atoms with Crippen LogP contribution >= 0.6 is 0 Å². The molecule has 0 aliphatic heterocycles. The van der Waals surface area contributed by atoms with Gasteiger partial charge < -0.3 is 5.32 Å². The monoisotopic (exact) mass is 209 g/mol. The van der Waals surface area contributed by atoms with Crippen LogP contribution in [0.25, 0.3) is 0 Å². The van der Waals surface area contributed by atoms with Gasteiger partial charge in [-0.15, -0.1) is 0 Å². The van der Waals surface area contributed by atoms with Gasteiger partial charge >= 0.3 is 0 Å². The van der Waals surface area contributed by atoms with E-state index in [1.807, 2.05) is 17.9 Å². The molecule has 1 N–H and O–H groups in total. The van der Waals surface area contributed by atoms with E-state index in [-0.39, 0.29) is 0 Å². The molecule has 1 aromatic heterocycles. The molecule has 0 saturated carbocycles. The van der Waals surface area contributed by atoms with Crippen LogP contribution in [0.5, 0.6) is 0 Å². The Hall–Kier alpha value is -0.830. The normalized spacial score (nSPS) is 15.6. The van der Waals surface area contributed by atoms with Crippen LogP contribution in [0.4, 0.5) is 0 Å². The summed E-state index contributed by atoms with van der Waals surface area (Å²) in [5.74, 6) is 0.672. The summed E-state index contributed by atoms with van der Waals surface area (Å²) in [4.78, 5) is 0. The molecule has 0 fully saturated rings. The molecular formula is C12H23N3. The molecule has 0 amide bonds. The Labute approximate surface area is 92.9 Å². The number of aromatic nitrogens is 2. The van der Waals surface area contributed by atoms with E-state index in [1.54, 1.807) is 0 Å². The van der Waals surface area contributed by atoms with Crippen molar-refractivity contribution in [2.24, 2.45) is 13.0 Å². The highest BCUT2D eigenvalue weighted by Gasteiger charge is 2.16. The first kappa shape index (κ1) is 12.2. The molecule has 2 unspecified atom stereocenters. The molecule has 2 atom stereocenters. The Balaban J connectivity index is 2.62. The molecule has 0 bridgehead atoms. The highest BCUT2D eigenvalue weighted by molar-refractivity contribution is 5.05. The van der Waals surface area contributed by atoms with Crippen molar-refractivity contribution in [1.29, 1.82) is 0 Å². The van der Waals surface area contributed by atoms with Crippen LogP contribution in [0.15, 0.2) is 12.3 Å². The molecule has 0 aromatic carbocycles. The van der Waals surface area contributed by atoms with Crippen molar-refractivity contribution < 1.29 is 0 Å². The number of aryl methyl sites for hydroxylation is 1. The molecule has 0 saturated heterocycles. The van der Waals surface area contributed by atoms with Crippen molar-refractivity contribution in [3.8, 4) is 0 Å². The van der Waals surface area contributed by atoms with E-state index in [0.29, 0.717) is 18.0 Å². The van der Waals surface area contributed by atoms with Crippen molar-refractivity contribution in [2.75, 3.05) is 0 Å². The molecule has 0 radical (unpaired) electrons. The van der Waals surface area contributed by atoms with E-state index in [1.165, 1.54) is 12.1 Å². The third-order valence-electron chi connectivity index (χ3n) is 3.01. The summed E-state index contributed by atoms with van der Waals surface area (Å²) in [6.07, 6.45) is 3.02. The standard InChI is InChI=1S/C12H23N3/c1-6-11(9(2)3)14-10(4)12-7-8-13-15(12)5/h7-11,14H,6H2,1-5H3. The summed E-state index contributed by atoms with van der Waals surface area (Å²) >= 11 is 0. The molecular weight excluding hydrogens is 186 g/mol. The first-order chi connectivity index (χ1) is 7.06. The summed E-state index contributed by atoms with van der Waals surface area (Å²) < 4.78 is 1.94. The number of nitrogens with zero attached hydrogens (tertiary/aromatic N) is 2. The van der Waals surface area contributed by atoms with Crippen molar-refractivity contribution in [1.82, 2.24) is 15.1 Å². The van der Waals surface area contributed by atoms with Gasteiger partial charge in [0.1, 0.15) is 0 Å². The molecule has 0 aliphatic rings. The van der Waals surface area contributed by atoms with Crippen molar-refractivity contribution >= 4 is 0 Å². The van der Waals surface area contributed by atoms with Crippen LogP contribution in [0.1, 0.15) is 45.9 Å². The van der Waals surface area contributed by atoms with E-state index >= 15 is 0 Å². The molecule has 15 heavy (non-hydrogen) atoms. The zero-order valence-corrected chi connectivity index (χ0v) is 10.5. The van der Waals surface area contributed by atoms with Crippen LogP contribution in [-0.2, 0) is 7.05 Å². The highest BCUT2D eigenvalue weighted by Crippen LogP contribution is 2.15. The SMILES string of the molecule is CCC(NC(C)c1ccnn1C)C(C)C. The predicted molar refractivity (Wildman–Crippen MR) is 63.7 cm³/mol. The lowest BCUT2D eigenvalue weighted by Crippen LogP contribution is -2.35. The average Bonchev–Trinajstić information content (AvgIpc) is 2.60. The van der Waals surface area contributed by atoms with Crippen LogP contribution < -0.4 is 5.32 Å². The van der Waals surface area contributed by atoms with Crippen LogP contribution in [-0.4, -0.2) is 15.8 Å². The minimum Gasteiger partial charge on any atom is -0.306 e. The maximum Gasteiger partial charge on any atom is 0.0547 e. The fraction of sp³-hybridized carbons (Fsp3) is 0.750. The highest BCUT2D eigenvalue weighted by atomic mass is 15.3. The molecule has 86 valence electrons. The largest absolute Gasteiger partial charge is 0.306 e. The molecule has 0 aliphatic carbocycles. The fourth-order valence-corrected chi connectivity index (χ4v) is 2.00. The molecule has 0 spiro atoms. The summed E-state index contributed by atoms with van der Waals surface area (Å²) in [5, 5.41) is 7.84. The lowest BCUT2D eigenvalue weighted by Gasteiger charge is -2.25. The van der Waals surface area contributed by atoms with E-state index < -0.39 is 0 Å². The van der Waals surface area contributed by atoms with Crippen LogP contribution in [0.2, 0.25) is 0 Å². The summed E-state index contributed by atoms with van der Waals surface area (Å²) in [6, 6.07) is 3.02. The molecule has 1 rings (SSSR count). The fourth-order valence-electron chi connectivity index (χ4n) is 2.00. The third kappa shape index (κ3) is 3.06. The first-order valence-electron chi connectivity index (χ1n) is 5.80. The van der Waals surface area contributed by atoms with Gasteiger partial charge in [0.2, 0.25) is 0 Å². The number of hydrogen-bond acceptors (Lipinski definition) is 2. The number of nitrogens with one attached hydrogen (secondary N) is 1. The summed E-state index contributed by atoms with van der Waals surface area (Å²) in [5.41, 5.74) is 1.24. The van der Waals surface area contributed by atoms with E-state index in [0.717, 1.165) is 0 Å². The average molecular weight is 209 g/mol. The summed E-state index contributed by atoms with van der Waals surface area (Å²) in [7, 11) is 1.99. The Morgan fingerprint density at radius 2 is 2.07 bits per heavy atom. The maximum atomic E-state index is 4.19. The van der Waals surface area contributed by atoms with Gasteiger partial charge in [-0.25, -0.2) is 0 Å². The molecule has 3 heteroatoms. The minimum atomic E-state index is 0.366. The van der Waals surface area contributed by atoms with Gasteiger partial charge in [0, 0.05) is 25.3 Å². The summed E-state index contributed by atoms with van der Waals surface area (Å²) in [6.45, 7) is 8.95. The predicted octanol–water partition coefficient (Wildman–Crippen LogP) is 2.51. The lowest BCUT2D eigenvalue weighted by atomic mass is 10.0. The van der Waals surface area contributed by atoms with E-state index in [4.69, 9.17) is 0 Å². The van der Waals surface area contributed by atoms with Crippen LogP contribution in [0, 0.1) is 5.92 Å². The number of rotatable bonds is 5. The lowest BCUT2D eigenvalue weighted by molar-refractivity contribution is 0.348. The first-order valence-corrected chi connectivity index (χ1v) is 5.80. The van der Waals surface area contributed by atoms with Gasteiger partial charge in [-0.1, -0.05) is 20.8 Å². The molecule has 3 nitrogen and oxygen atoms in total. The van der Waals surface area contributed by atoms with Gasteiger partial charge in [-0.05, 0) is 25.3 Å². The maximum absolute atomic E-state index is 4.19. The van der Waals surface area contributed by atoms with E-state index in [9.17, 15) is 0 Å². The van der Waals surface area contributed by atoms with Gasteiger partial charge in [0.25, 0.3) is 0 Å². The van der Waals surface area contributed by atoms with Gasteiger partial charge in [-0.3, -0.25) is 4.68 Å². The second-order valence-corrected chi connectivity index (χ2v) is 4.53. The van der Waals surface area contributed by atoms with E-state index in [2.05, 4.69) is 44.2 Å². The quantitative estimate of drug-likeness (QED) is 0.807. The van der Waals surface area contributed by atoms with Crippen molar-refractivity contribution in [3.63, 3.8) is 0 Å². The van der Waals surface area contributed by atoms with Crippen molar-refractivity contribution in [2.45, 2.75) is 46.2 Å². The zero-order valence-electron chi connectivity index (χ0n) is 10.5. The Bertz CT molecular complexity index is 291. The van der Waals surface area contributed by atoms with Gasteiger partial charge in [0.05, 0.1) is 5.69 Å². The van der Waals surface area contributed by atoms with Crippen molar-refractivity contribution in [3.05, 3.63) is 18.0 Å². The van der Waals surface area contributed by atoms with Gasteiger partial charge in [-0.2, -0.15) is 5.10 Å².